The number of nitrogens with one attached hydrogen (secondary N) is 1. The number of likely N-dealkylation sites (tertiary alicyclic amines) is 1. The molecule has 2 heterocycles. The summed E-state index contributed by atoms with van der Waals surface area (Å²) in [4.78, 5) is 22.4. The Kier molecular flexibility index (Phi) is 9.84. The normalized spacial score (nSPS) is 15.5. The smallest absolute Gasteiger partial charge is 0.330 e. The fraction of sp³-hybridized carbons (Fsp3) is 0.500. The summed E-state index contributed by atoms with van der Waals surface area (Å²) in [6.45, 7) is 7.90. The first-order valence-corrected chi connectivity index (χ1v) is 9.27. The van der Waals surface area contributed by atoms with Crippen LogP contribution in [0.15, 0.2) is 24.3 Å². The van der Waals surface area contributed by atoms with E-state index in [0.29, 0.717) is 12.5 Å². The number of hydrogen-bond donors (Lipinski definition) is 1. The Labute approximate surface area is 173 Å². The van der Waals surface area contributed by atoms with Crippen molar-refractivity contribution in [3.05, 3.63) is 35.7 Å². The third-order valence-electron chi connectivity index (χ3n) is 4.76. The van der Waals surface area contributed by atoms with E-state index in [2.05, 4.69) is 16.8 Å². The van der Waals surface area contributed by atoms with Crippen molar-refractivity contribution in [2.75, 3.05) is 26.2 Å². The number of aromatic nitrogens is 2. The van der Waals surface area contributed by atoms with Gasteiger partial charge < -0.3 is 14.6 Å². The van der Waals surface area contributed by atoms with Gasteiger partial charge in [-0.1, -0.05) is 19.1 Å². The van der Waals surface area contributed by atoms with Gasteiger partial charge in [-0.15, -0.1) is 24.8 Å². The number of aromatic amines is 1. The summed E-state index contributed by atoms with van der Waals surface area (Å²) in [6.07, 6.45) is 6.76. The molecule has 1 N–H and O–H groups in total. The molecule has 2 aromatic rings. The highest BCUT2D eigenvalue weighted by atomic mass is 35.5. The molecule has 5 nitrogen and oxygen atoms in total. The summed E-state index contributed by atoms with van der Waals surface area (Å²) in [5.74, 6) is 1.24. The fourth-order valence-electron chi connectivity index (χ4n) is 3.50. The van der Waals surface area contributed by atoms with Crippen LogP contribution in [0.4, 0.5) is 0 Å². The first-order valence-electron chi connectivity index (χ1n) is 9.27. The number of fused-ring (bicyclic) bond motifs is 1. The molecule has 27 heavy (non-hydrogen) atoms. The zero-order valence-electron chi connectivity index (χ0n) is 15.9. The number of carbonyl (C=O) groups excluding carboxylic acids is 1. The predicted molar refractivity (Wildman–Crippen MR) is 115 cm³/mol. The molecule has 1 fully saturated rings. The molecule has 0 bridgehead atoms. The molecule has 3 rings (SSSR count). The molecule has 150 valence electrons. The minimum absolute atomic E-state index is 0. The van der Waals surface area contributed by atoms with Crippen LogP contribution in [0, 0.1) is 0 Å². The summed E-state index contributed by atoms with van der Waals surface area (Å²) in [7, 11) is 0. The summed E-state index contributed by atoms with van der Waals surface area (Å²) < 4.78 is 4.95. The lowest BCUT2D eigenvalue weighted by Gasteiger charge is -2.30. The summed E-state index contributed by atoms with van der Waals surface area (Å²) in [5.41, 5.74) is 2.89. The van der Waals surface area contributed by atoms with Crippen LogP contribution in [-0.4, -0.2) is 47.1 Å². The number of piperidine rings is 1. The number of hydrogen-bond acceptors (Lipinski definition) is 4. The van der Waals surface area contributed by atoms with Gasteiger partial charge in [0.05, 0.1) is 17.6 Å². The molecule has 1 aromatic carbocycles. The van der Waals surface area contributed by atoms with E-state index in [4.69, 9.17) is 9.72 Å². The van der Waals surface area contributed by atoms with Crippen molar-refractivity contribution in [1.29, 1.82) is 0 Å². The van der Waals surface area contributed by atoms with Crippen molar-refractivity contribution in [3.8, 4) is 0 Å². The molecule has 1 aliphatic heterocycles. The number of imidazole rings is 1. The van der Waals surface area contributed by atoms with E-state index in [-0.39, 0.29) is 30.8 Å². The van der Waals surface area contributed by atoms with E-state index in [9.17, 15) is 4.79 Å². The molecular formula is C20H29Cl2N3O2. The maximum Gasteiger partial charge on any atom is 0.330 e. The Morgan fingerprint density at radius 2 is 2.04 bits per heavy atom. The summed E-state index contributed by atoms with van der Waals surface area (Å²) in [5, 5.41) is 0. The predicted octanol–water partition coefficient (Wildman–Crippen LogP) is 4.57. The Hall–Kier alpha value is -1.56. The quantitative estimate of drug-likeness (QED) is 0.556. The molecule has 0 unspecified atom stereocenters. The number of esters is 1. The monoisotopic (exact) mass is 413 g/mol. The van der Waals surface area contributed by atoms with Crippen LogP contribution in [0.1, 0.15) is 50.4 Å². The average Bonchev–Trinajstić information content (AvgIpc) is 3.06. The van der Waals surface area contributed by atoms with Gasteiger partial charge in [-0.25, -0.2) is 9.78 Å². The maximum absolute atomic E-state index is 11.5. The van der Waals surface area contributed by atoms with E-state index in [0.717, 1.165) is 48.4 Å². The van der Waals surface area contributed by atoms with Gasteiger partial charge in [-0.05, 0) is 58.0 Å². The molecule has 0 amide bonds. The lowest BCUT2D eigenvalue weighted by molar-refractivity contribution is -0.137. The number of carbonyl (C=O) groups is 1. The summed E-state index contributed by atoms with van der Waals surface area (Å²) >= 11 is 0. The van der Waals surface area contributed by atoms with Crippen LogP contribution in [0.2, 0.25) is 0 Å². The molecule has 0 saturated carbocycles. The van der Waals surface area contributed by atoms with Gasteiger partial charge in [0, 0.05) is 17.6 Å². The van der Waals surface area contributed by atoms with E-state index in [1.165, 1.54) is 19.0 Å². The van der Waals surface area contributed by atoms with Crippen molar-refractivity contribution in [3.63, 3.8) is 0 Å². The Balaban J connectivity index is 0.00000182. The fourth-order valence-corrected chi connectivity index (χ4v) is 3.50. The van der Waals surface area contributed by atoms with Crippen molar-refractivity contribution >= 4 is 47.9 Å². The Bertz CT molecular complexity index is 753. The number of rotatable bonds is 6. The molecule has 0 radical (unpaired) electrons. The van der Waals surface area contributed by atoms with Crippen LogP contribution < -0.4 is 0 Å². The molecule has 1 saturated heterocycles. The molecule has 1 aliphatic rings. The van der Waals surface area contributed by atoms with E-state index in [1.54, 1.807) is 13.0 Å². The van der Waals surface area contributed by atoms with Gasteiger partial charge in [-0.2, -0.15) is 0 Å². The van der Waals surface area contributed by atoms with Gasteiger partial charge in [0.25, 0.3) is 0 Å². The highest BCUT2D eigenvalue weighted by Crippen LogP contribution is 2.29. The largest absolute Gasteiger partial charge is 0.463 e. The molecular weight excluding hydrogens is 385 g/mol. The van der Waals surface area contributed by atoms with Gasteiger partial charge in [0.15, 0.2) is 0 Å². The van der Waals surface area contributed by atoms with Crippen LogP contribution in [0.25, 0.3) is 17.1 Å². The topological polar surface area (TPSA) is 58.2 Å². The van der Waals surface area contributed by atoms with Gasteiger partial charge in [0.2, 0.25) is 0 Å². The van der Waals surface area contributed by atoms with Crippen LogP contribution in [-0.2, 0) is 9.53 Å². The number of ether oxygens (including phenoxy) is 1. The van der Waals surface area contributed by atoms with Crippen molar-refractivity contribution in [1.82, 2.24) is 14.9 Å². The SMILES string of the molecule is CCCN1CCC(c2nc3c(C=CC(=O)OCC)cccc3[nH]2)CC1.Cl.Cl. The van der Waals surface area contributed by atoms with Crippen LogP contribution >= 0.6 is 24.8 Å². The second kappa shape index (κ2) is 11.3. The number of halogens is 2. The van der Waals surface area contributed by atoms with Gasteiger partial charge in [0.1, 0.15) is 5.82 Å². The highest BCUT2D eigenvalue weighted by Gasteiger charge is 2.22. The number of nitrogens with zero attached hydrogens (tertiary/aromatic N) is 2. The number of para-hydroxylation sites is 1. The third-order valence-corrected chi connectivity index (χ3v) is 4.76. The van der Waals surface area contributed by atoms with E-state index < -0.39 is 0 Å². The number of H-pyrrole nitrogens is 1. The van der Waals surface area contributed by atoms with Crippen molar-refractivity contribution in [2.24, 2.45) is 0 Å². The molecule has 0 spiro atoms. The summed E-state index contributed by atoms with van der Waals surface area (Å²) in [6, 6.07) is 6.01. The Morgan fingerprint density at radius 3 is 2.70 bits per heavy atom. The van der Waals surface area contributed by atoms with Crippen LogP contribution in [0.5, 0.6) is 0 Å². The third kappa shape index (κ3) is 5.96. The standard InChI is InChI=1S/C20H27N3O2.2ClH/c1-3-12-23-13-10-16(11-14-23)20-21-17-7-5-6-15(19(17)22-20)8-9-18(24)25-4-2;;/h5-9,16H,3-4,10-14H2,1-2H3,(H,21,22);2*1H. The maximum atomic E-state index is 11.5. The molecule has 1 aromatic heterocycles. The van der Waals surface area contributed by atoms with Crippen molar-refractivity contribution in [2.45, 2.75) is 39.0 Å². The highest BCUT2D eigenvalue weighted by molar-refractivity contribution is 5.92. The molecule has 0 aliphatic carbocycles. The second-order valence-electron chi connectivity index (χ2n) is 6.57. The second-order valence-corrected chi connectivity index (χ2v) is 6.57. The minimum Gasteiger partial charge on any atom is -0.463 e. The van der Waals surface area contributed by atoms with Gasteiger partial charge in [-0.3, -0.25) is 0 Å². The van der Waals surface area contributed by atoms with E-state index >= 15 is 0 Å². The first-order chi connectivity index (χ1) is 12.2. The average molecular weight is 414 g/mol. The van der Waals surface area contributed by atoms with Crippen molar-refractivity contribution < 1.29 is 9.53 Å². The lowest BCUT2D eigenvalue weighted by Crippen LogP contribution is -2.33. The lowest BCUT2D eigenvalue weighted by atomic mass is 9.96. The Morgan fingerprint density at radius 1 is 1.30 bits per heavy atom. The zero-order chi connectivity index (χ0) is 17.6. The van der Waals surface area contributed by atoms with E-state index in [1.807, 2.05) is 18.2 Å². The number of benzene rings is 1. The molecule has 7 heteroatoms. The molecule has 0 atom stereocenters. The van der Waals surface area contributed by atoms with Crippen LogP contribution in [0.3, 0.4) is 0 Å². The van der Waals surface area contributed by atoms with Gasteiger partial charge >= 0.3 is 5.97 Å². The first kappa shape index (κ1) is 23.5. The minimum atomic E-state index is -0.321. The zero-order valence-corrected chi connectivity index (χ0v) is 17.6.